The van der Waals surface area contributed by atoms with Crippen LogP contribution >= 0.6 is 0 Å². The average Bonchev–Trinajstić information content (AvgIpc) is 2.96. The Morgan fingerprint density at radius 2 is 2.19 bits per heavy atom. The first-order valence-electron chi connectivity index (χ1n) is 6.52. The molecule has 1 heterocycles. The van der Waals surface area contributed by atoms with Crippen molar-refractivity contribution in [2.75, 3.05) is 0 Å². The lowest BCUT2D eigenvalue weighted by molar-refractivity contribution is 0.440. The number of nitrogens with two attached hydrogens (primary N) is 1. The van der Waals surface area contributed by atoms with Crippen LogP contribution in [0, 0.1) is 5.92 Å². The standard InChI is InChI=1S/C13H23N3/c1-3-9(2)12(14)13-15-8-11(16-13)10-6-4-5-7-10/h8-10,12H,3-7,14H2,1-2H3,(H,15,16). The van der Waals surface area contributed by atoms with Crippen molar-refractivity contribution >= 4 is 0 Å². The zero-order valence-electron chi connectivity index (χ0n) is 10.4. The van der Waals surface area contributed by atoms with E-state index in [2.05, 4.69) is 23.8 Å². The summed E-state index contributed by atoms with van der Waals surface area (Å²) >= 11 is 0. The summed E-state index contributed by atoms with van der Waals surface area (Å²) in [6.07, 6.45) is 8.42. The Morgan fingerprint density at radius 1 is 1.50 bits per heavy atom. The highest BCUT2D eigenvalue weighted by Gasteiger charge is 2.21. The molecule has 3 heteroatoms. The predicted molar refractivity (Wildman–Crippen MR) is 66.2 cm³/mol. The maximum absolute atomic E-state index is 6.17. The number of H-pyrrole nitrogens is 1. The molecular weight excluding hydrogens is 198 g/mol. The van der Waals surface area contributed by atoms with E-state index in [0.29, 0.717) is 11.8 Å². The average molecular weight is 221 g/mol. The molecule has 3 nitrogen and oxygen atoms in total. The van der Waals surface area contributed by atoms with Gasteiger partial charge in [-0.05, 0) is 18.8 Å². The highest BCUT2D eigenvalue weighted by Crippen LogP contribution is 2.33. The van der Waals surface area contributed by atoms with Crippen molar-refractivity contribution in [1.82, 2.24) is 9.97 Å². The minimum atomic E-state index is 0.0557. The summed E-state index contributed by atoms with van der Waals surface area (Å²) in [5.41, 5.74) is 7.46. The largest absolute Gasteiger partial charge is 0.344 e. The van der Waals surface area contributed by atoms with Crippen LogP contribution in [-0.4, -0.2) is 9.97 Å². The topological polar surface area (TPSA) is 54.7 Å². The second-order valence-electron chi connectivity index (χ2n) is 5.12. The van der Waals surface area contributed by atoms with Gasteiger partial charge < -0.3 is 10.7 Å². The molecule has 1 aliphatic rings. The van der Waals surface area contributed by atoms with Crippen LogP contribution in [0.25, 0.3) is 0 Å². The van der Waals surface area contributed by atoms with E-state index >= 15 is 0 Å². The van der Waals surface area contributed by atoms with Gasteiger partial charge in [-0.1, -0.05) is 33.1 Å². The van der Waals surface area contributed by atoms with E-state index < -0.39 is 0 Å². The van der Waals surface area contributed by atoms with E-state index in [4.69, 9.17) is 5.73 Å². The predicted octanol–water partition coefficient (Wildman–Crippen LogP) is 3.11. The lowest BCUT2D eigenvalue weighted by atomic mass is 10.00. The molecule has 0 bridgehead atoms. The van der Waals surface area contributed by atoms with E-state index in [9.17, 15) is 0 Å². The molecule has 90 valence electrons. The lowest BCUT2D eigenvalue weighted by Crippen LogP contribution is -2.20. The fourth-order valence-electron chi connectivity index (χ4n) is 2.49. The number of nitrogens with zero attached hydrogens (tertiary/aromatic N) is 1. The van der Waals surface area contributed by atoms with E-state index in [-0.39, 0.29) is 6.04 Å². The zero-order chi connectivity index (χ0) is 11.5. The summed E-state index contributed by atoms with van der Waals surface area (Å²) in [7, 11) is 0. The molecule has 0 radical (unpaired) electrons. The van der Waals surface area contributed by atoms with Gasteiger partial charge in [0.05, 0.1) is 6.04 Å². The SMILES string of the molecule is CCC(C)C(N)c1ncc(C2CCCC2)[nH]1. The molecule has 1 aromatic heterocycles. The van der Waals surface area contributed by atoms with Gasteiger partial charge in [-0.2, -0.15) is 0 Å². The Balaban J connectivity index is 2.06. The number of hydrogen-bond acceptors (Lipinski definition) is 2. The molecule has 2 rings (SSSR count). The zero-order valence-corrected chi connectivity index (χ0v) is 10.4. The first kappa shape index (κ1) is 11.6. The second-order valence-corrected chi connectivity index (χ2v) is 5.12. The van der Waals surface area contributed by atoms with E-state index in [1.807, 2.05) is 6.20 Å². The van der Waals surface area contributed by atoms with Crippen molar-refractivity contribution in [2.24, 2.45) is 11.7 Å². The van der Waals surface area contributed by atoms with Gasteiger partial charge in [0.2, 0.25) is 0 Å². The van der Waals surface area contributed by atoms with Crippen molar-refractivity contribution in [1.29, 1.82) is 0 Å². The first-order chi connectivity index (χ1) is 7.72. The molecule has 0 aromatic carbocycles. The summed E-state index contributed by atoms with van der Waals surface area (Å²) < 4.78 is 0. The molecule has 0 saturated heterocycles. The van der Waals surface area contributed by atoms with Crippen molar-refractivity contribution in [3.05, 3.63) is 17.7 Å². The van der Waals surface area contributed by atoms with Gasteiger partial charge in [0.25, 0.3) is 0 Å². The molecular formula is C13H23N3. The Labute approximate surface area is 97.8 Å². The molecule has 16 heavy (non-hydrogen) atoms. The Hall–Kier alpha value is -0.830. The number of imidazole rings is 1. The summed E-state index contributed by atoms with van der Waals surface area (Å²) in [6, 6.07) is 0.0557. The van der Waals surface area contributed by atoms with Crippen LogP contribution in [0.1, 0.15) is 69.4 Å². The number of nitrogens with one attached hydrogen (secondary N) is 1. The maximum atomic E-state index is 6.17. The quantitative estimate of drug-likeness (QED) is 0.820. The van der Waals surface area contributed by atoms with Crippen LogP contribution in [0.5, 0.6) is 0 Å². The van der Waals surface area contributed by atoms with Gasteiger partial charge in [-0.25, -0.2) is 4.98 Å². The normalized spacial score (nSPS) is 21.2. The van der Waals surface area contributed by atoms with E-state index in [1.165, 1.54) is 31.4 Å². The third-order valence-electron chi connectivity index (χ3n) is 3.98. The highest BCUT2D eigenvalue weighted by molar-refractivity contribution is 5.11. The van der Waals surface area contributed by atoms with Crippen LogP contribution in [0.3, 0.4) is 0 Å². The Bertz CT molecular complexity index is 326. The molecule has 2 atom stereocenters. The van der Waals surface area contributed by atoms with Gasteiger partial charge >= 0.3 is 0 Å². The number of aromatic nitrogens is 2. The fraction of sp³-hybridized carbons (Fsp3) is 0.769. The monoisotopic (exact) mass is 221 g/mol. The molecule has 0 spiro atoms. The number of hydrogen-bond donors (Lipinski definition) is 2. The minimum absolute atomic E-state index is 0.0557. The van der Waals surface area contributed by atoms with Crippen molar-refractivity contribution in [2.45, 2.75) is 57.9 Å². The van der Waals surface area contributed by atoms with Gasteiger partial charge in [-0.15, -0.1) is 0 Å². The van der Waals surface area contributed by atoms with Crippen LogP contribution in [0.15, 0.2) is 6.20 Å². The molecule has 0 amide bonds. The summed E-state index contributed by atoms with van der Waals surface area (Å²) in [5.74, 6) is 2.16. The van der Waals surface area contributed by atoms with Crippen LogP contribution < -0.4 is 5.73 Å². The van der Waals surface area contributed by atoms with Gasteiger partial charge in [0.1, 0.15) is 5.82 Å². The minimum Gasteiger partial charge on any atom is -0.344 e. The highest BCUT2D eigenvalue weighted by atomic mass is 15.0. The van der Waals surface area contributed by atoms with Crippen LogP contribution in [-0.2, 0) is 0 Å². The molecule has 1 aliphatic carbocycles. The molecule has 2 unspecified atom stereocenters. The van der Waals surface area contributed by atoms with E-state index in [1.54, 1.807) is 0 Å². The maximum Gasteiger partial charge on any atom is 0.123 e. The fourth-order valence-corrected chi connectivity index (χ4v) is 2.49. The first-order valence-corrected chi connectivity index (χ1v) is 6.52. The van der Waals surface area contributed by atoms with Crippen molar-refractivity contribution in [3.8, 4) is 0 Å². The number of aromatic amines is 1. The molecule has 1 saturated carbocycles. The van der Waals surface area contributed by atoms with Gasteiger partial charge in [-0.3, -0.25) is 0 Å². The summed E-state index contributed by atoms with van der Waals surface area (Å²) in [4.78, 5) is 7.88. The van der Waals surface area contributed by atoms with E-state index in [0.717, 1.165) is 12.2 Å². The second kappa shape index (κ2) is 5.00. The van der Waals surface area contributed by atoms with Gasteiger partial charge in [0, 0.05) is 17.8 Å². The van der Waals surface area contributed by atoms with Crippen LogP contribution in [0.2, 0.25) is 0 Å². The molecule has 1 fully saturated rings. The van der Waals surface area contributed by atoms with Gasteiger partial charge in [0.15, 0.2) is 0 Å². The molecule has 3 N–H and O–H groups in total. The lowest BCUT2D eigenvalue weighted by Gasteiger charge is -2.15. The van der Waals surface area contributed by atoms with Crippen LogP contribution in [0.4, 0.5) is 0 Å². The Kier molecular flexibility index (Phi) is 3.64. The third-order valence-corrected chi connectivity index (χ3v) is 3.98. The summed E-state index contributed by atoms with van der Waals surface area (Å²) in [5, 5.41) is 0. The van der Waals surface area contributed by atoms with Crippen molar-refractivity contribution < 1.29 is 0 Å². The van der Waals surface area contributed by atoms with Crippen molar-refractivity contribution in [3.63, 3.8) is 0 Å². The smallest absolute Gasteiger partial charge is 0.123 e. The molecule has 1 aromatic rings. The molecule has 0 aliphatic heterocycles. The third kappa shape index (κ3) is 2.29. The number of rotatable bonds is 4. The Morgan fingerprint density at radius 3 is 2.81 bits per heavy atom. The summed E-state index contributed by atoms with van der Waals surface area (Å²) in [6.45, 7) is 4.35.